The van der Waals surface area contributed by atoms with E-state index in [1.807, 2.05) is 30.3 Å². The summed E-state index contributed by atoms with van der Waals surface area (Å²) in [7, 11) is -3.07. The van der Waals surface area contributed by atoms with Crippen LogP contribution in [0.4, 0.5) is 4.39 Å². The van der Waals surface area contributed by atoms with Gasteiger partial charge in [-0.05, 0) is 197 Å². The molecule has 1 aromatic carbocycles. The number of halogens is 1. The number of ketones is 1. The van der Waals surface area contributed by atoms with Crippen molar-refractivity contribution in [3.63, 3.8) is 0 Å². The SMILES string of the molecule is C=C(C)[C@@H]1CC[C@]2(NCCC3(O)CCC(S(C)(=O)=O)CC3)CC[C@]3(C)[C@H](CC[C@@H]4[C@@]5(C)CC=C(C6=CC[C@@](CF)(C(=O)COc7ccccc7)CC6)C(C)(C)[C@@H]5CC[C@]43C)[C@@H]12. The predicted octanol–water partition coefficient (Wildman–Crippen LogP) is 11.3. The van der Waals surface area contributed by atoms with Crippen molar-refractivity contribution in [2.75, 3.05) is 26.1 Å². The molecule has 0 bridgehead atoms. The molecular formula is C53H78FNO5S. The zero-order chi connectivity index (χ0) is 43.9. The van der Waals surface area contributed by atoms with Crippen LogP contribution in [0.15, 0.2) is 65.8 Å². The monoisotopic (exact) mass is 860 g/mol. The normalized spacial score (nSPS) is 43.1. The van der Waals surface area contributed by atoms with Gasteiger partial charge in [0.05, 0.1) is 16.3 Å². The summed E-state index contributed by atoms with van der Waals surface area (Å²) >= 11 is 0. The molecule has 61 heavy (non-hydrogen) atoms. The molecule has 6 nitrogen and oxygen atoms in total. The van der Waals surface area contributed by atoms with Gasteiger partial charge >= 0.3 is 0 Å². The van der Waals surface area contributed by atoms with Crippen LogP contribution < -0.4 is 10.1 Å². The molecule has 338 valence electrons. The van der Waals surface area contributed by atoms with E-state index < -0.39 is 27.5 Å². The minimum atomic E-state index is -3.07. The minimum absolute atomic E-state index is 0.0235. The molecule has 8 rings (SSSR count). The highest BCUT2D eigenvalue weighted by Crippen LogP contribution is 2.76. The molecule has 10 atom stereocenters. The van der Waals surface area contributed by atoms with Crippen LogP contribution in [0.1, 0.15) is 151 Å². The van der Waals surface area contributed by atoms with Gasteiger partial charge in [-0.1, -0.05) is 77.1 Å². The van der Waals surface area contributed by atoms with Gasteiger partial charge in [0.2, 0.25) is 0 Å². The fourth-order valence-electron chi connectivity index (χ4n) is 16.4. The number of fused-ring (bicyclic) bond motifs is 7. The molecule has 2 N–H and O–H groups in total. The molecule has 0 unspecified atom stereocenters. The van der Waals surface area contributed by atoms with E-state index in [2.05, 4.69) is 65.6 Å². The largest absolute Gasteiger partial charge is 0.486 e. The van der Waals surface area contributed by atoms with Crippen LogP contribution in [0.2, 0.25) is 0 Å². The van der Waals surface area contributed by atoms with Crippen molar-refractivity contribution in [3.8, 4) is 5.75 Å². The molecule has 0 heterocycles. The number of allylic oxidation sites excluding steroid dienone is 5. The summed E-state index contributed by atoms with van der Waals surface area (Å²) in [5.41, 5.74) is 2.94. The Morgan fingerprint density at radius 1 is 0.869 bits per heavy atom. The Labute approximate surface area is 368 Å². The van der Waals surface area contributed by atoms with Crippen LogP contribution in [0.3, 0.4) is 0 Å². The van der Waals surface area contributed by atoms with E-state index in [9.17, 15) is 22.7 Å². The quantitative estimate of drug-likeness (QED) is 0.203. The van der Waals surface area contributed by atoms with Crippen LogP contribution in [0, 0.1) is 56.7 Å². The first-order chi connectivity index (χ1) is 28.7. The lowest BCUT2D eigenvalue weighted by Gasteiger charge is -2.72. The smallest absolute Gasteiger partial charge is 0.179 e. The van der Waals surface area contributed by atoms with Crippen molar-refractivity contribution >= 4 is 15.6 Å². The summed E-state index contributed by atoms with van der Waals surface area (Å²) in [6.07, 6.45) is 21.5. The maximum Gasteiger partial charge on any atom is 0.179 e. The van der Waals surface area contributed by atoms with Gasteiger partial charge in [-0.3, -0.25) is 4.79 Å². The summed E-state index contributed by atoms with van der Waals surface area (Å²) in [5.74, 6) is 3.32. The highest BCUT2D eigenvalue weighted by Gasteiger charge is 2.70. The Morgan fingerprint density at radius 2 is 1.59 bits per heavy atom. The van der Waals surface area contributed by atoms with Gasteiger partial charge in [0, 0.05) is 11.8 Å². The fourth-order valence-corrected chi connectivity index (χ4v) is 17.5. The Hall–Kier alpha value is -2.29. The molecule has 5 fully saturated rings. The molecule has 0 aromatic heterocycles. The van der Waals surface area contributed by atoms with Gasteiger partial charge in [-0.2, -0.15) is 0 Å². The number of carbonyl (C=O) groups is 1. The van der Waals surface area contributed by atoms with E-state index in [0.717, 1.165) is 32.2 Å². The molecule has 0 radical (unpaired) electrons. The molecule has 0 spiro atoms. The highest BCUT2D eigenvalue weighted by atomic mass is 32.2. The van der Waals surface area contributed by atoms with Crippen molar-refractivity contribution < 1.29 is 27.4 Å². The standard InChI is InChI=1S/C53H78FNO5S/c1-36(2)40-20-29-53(55-33-32-52(57)27-18-39(19-28-52)61(8,58)59)31-30-49(6)42(46(40)53)14-15-44-48(5)23-21-41(47(3,4)43(48)22-24-50(44,49)7)37-16-25-51(35-54,26-17-37)45(56)34-60-38-12-10-9-11-13-38/h9-13,16,21,39-40,42-44,46,55,57H,1,14-15,17-20,22-35H2,2-8H3/t39?,40-,42+,43-,44+,46+,48-,49+,50+,51+,52?,53-/m0/s1. The Morgan fingerprint density at radius 3 is 2.23 bits per heavy atom. The zero-order valence-electron chi connectivity index (χ0n) is 38.7. The summed E-state index contributed by atoms with van der Waals surface area (Å²) in [6, 6.07) is 9.34. The van der Waals surface area contributed by atoms with E-state index in [4.69, 9.17) is 4.74 Å². The average molecular weight is 860 g/mol. The van der Waals surface area contributed by atoms with Crippen LogP contribution in [0.5, 0.6) is 5.75 Å². The number of sulfone groups is 1. The summed E-state index contributed by atoms with van der Waals surface area (Å²) in [5, 5.41) is 15.5. The second kappa shape index (κ2) is 16.0. The van der Waals surface area contributed by atoms with Crippen LogP contribution in [0.25, 0.3) is 0 Å². The Bertz CT molecular complexity index is 2020. The second-order valence-electron chi connectivity index (χ2n) is 23.2. The summed E-state index contributed by atoms with van der Waals surface area (Å²) in [6.45, 7) is 19.9. The van der Waals surface area contributed by atoms with E-state index in [1.54, 1.807) is 0 Å². The maximum atomic E-state index is 14.8. The Kier molecular flexibility index (Phi) is 11.9. The number of carbonyl (C=O) groups excluding carboxylic acids is 1. The molecule has 0 amide bonds. The fraction of sp³-hybridized carbons (Fsp3) is 0.755. The lowest BCUT2D eigenvalue weighted by Crippen LogP contribution is -2.68. The van der Waals surface area contributed by atoms with E-state index in [1.165, 1.54) is 61.5 Å². The lowest BCUT2D eigenvalue weighted by atomic mass is 9.33. The third kappa shape index (κ3) is 7.48. The number of benzene rings is 1. The van der Waals surface area contributed by atoms with Crippen molar-refractivity contribution in [1.29, 1.82) is 0 Å². The number of rotatable bonds is 12. The Balaban J connectivity index is 0.987. The lowest BCUT2D eigenvalue weighted by molar-refractivity contribution is -0.221. The molecular weight excluding hydrogens is 782 g/mol. The molecule has 0 saturated heterocycles. The van der Waals surface area contributed by atoms with Crippen molar-refractivity contribution in [2.45, 2.75) is 167 Å². The minimum Gasteiger partial charge on any atom is -0.486 e. The molecule has 8 heteroatoms. The molecule has 7 aliphatic rings. The second-order valence-corrected chi connectivity index (χ2v) is 25.5. The number of hydrogen-bond donors (Lipinski definition) is 2. The maximum absolute atomic E-state index is 14.8. The van der Waals surface area contributed by atoms with Gasteiger partial charge in [0.25, 0.3) is 0 Å². The van der Waals surface area contributed by atoms with Crippen molar-refractivity contribution in [1.82, 2.24) is 5.32 Å². The van der Waals surface area contributed by atoms with Gasteiger partial charge in [0.1, 0.15) is 28.9 Å². The number of aliphatic hydroxyl groups is 1. The number of hydrogen-bond acceptors (Lipinski definition) is 6. The molecule has 7 aliphatic carbocycles. The van der Waals surface area contributed by atoms with Crippen LogP contribution >= 0.6 is 0 Å². The number of para-hydroxylation sites is 1. The highest BCUT2D eigenvalue weighted by molar-refractivity contribution is 7.91. The molecule has 0 aliphatic heterocycles. The first kappa shape index (κ1) is 45.3. The topological polar surface area (TPSA) is 92.7 Å². The number of Topliss-reactive ketones (excluding diaryl/α,β-unsaturated/α-hetero) is 1. The van der Waals surface area contributed by atoms with Crippen LogP contribution in [-0.4, -0.2) is 61.8 Å². The van der Waals surface area contributed by atoms with Crippen molar-refractivity contribution in [3.05, 3.63) is 65.8 Å². The molecule has 1 aromatic rings. The summed E-state index contributed by atoms with van der Waals surface area (Å²) in [4.78, 5) is 13.5. The summed E-state index contributed by atoms with van der Waals surface area (Å²) < 4.78 is 45.1. The zero-order valence-corrected chi connectivity index (χ0v) is 39.5. The van der Waals surface area contributed by atoms with E-state index in [0.29, 0.717) is 80.3 Å². The predicted molar refractivity (Wildman–Crippen MR) is 245 cm³/mol. The number of nitrogens with one attached hydrogen (secondary N) is 1. The average Bonchev–Trinajstić information content (AvgIpc) is 3.60. The van der Waals surface area contributed by atoms with Gasteiger partial charge in [-0.15, -0.1) is 0 Å². The number of alkyl halides is 1. The van der Waals surface area contributed by atoms with E-state index >= 15 is 0 Å². The first-order valence-corrected chi connectivity index (χ1v) is 26.1. The first-order valence-electron chi connectivity index (χ1n) is 24.2. The van der Waals surface area contributed by atoms with E-state index in [-0.39, 0.29) is 44.8 Å². The van der Waals surface area contributed by atoms with Gasteiger partial charge in [-0.25, -0.2) is 12.8 Å². The third-order valence-corrected chi connectivity index (χ3v) is 21.8. The number of ether oxygens (including phenoxy) is 1. The van der Waals surface area contributed by atoms with Crippen LogP contribution in [-0.2, 0) is 14.6 Å². The van der Waals surface area contributed by atoms with Crippen molar-refractivity contribution in [2.24, 2.45) is 56.7 Å². The van der Waals surface area contributed by atoms with Gasteiger partial charge in [0.15, 0.2) is 5.78 Å². The third-order valence-electron chi connectivity index (χ3n) is 20.1. The molecule has 5 saturated carbocycles. The van der Waals surface area contributed by atoms with Gasteiger partial charge < -0.3 is 15.2 Å².